The number of hydrogen-bond donors (Lipinski definition) is 0. The summed E-state index contributed by atoms with van der Waals surface area (Å²) in [5.41, 5.74) is 1.84. The highest BCUT2D eigenvalue weighted by atomic mass is 35.5. The molecule has 1 nitrogen and oxygen atoms in total. The molecule has 88 valence electrons. The summed E-state index contributed by atoms with van der Waals surface area (Å²) < 4.78 is 0. The lowest BCUT2D eigenvalue weighted by Gasteiger charge is -2.10. The van der Waals surface area contributed by atoms with Crippen LogP contribution in [0.5, 0.6) is 0 Å². The normalized spacial score (nSPS) is 11.0. The predicted octanol–water partition coefficient (Wildman–Crippen LogP) is 4.77. The third-order valence-corrected chi connectivity index (χ3v) is 3.68. The molecule has 3 rings (SSSR count). The Hall–Kier alpha value is -1.86. The number of benzene rings is 3. The minimum absolute atomic E-state index is 0.714. The van der Waals surface area contributed by atoms with Crippen LogP contribution in [-0.4, -0.2) is 6.29 Å². The van der Waals surface area contributed by atoms with Gasteiger partial charge in [0.15, 0.2) is 6.29 Å². The monoisotopic (exact) mass is 254 g/mol. The SMILES string of the molecule is Cc1ccc2c(Cl)c3ccccc3c(C=O)c2c1. The Bertz CT molecular complexity index is 775. The van der Waals surface area contributed by atoms with Crippen LogP contribution in [-0.2, 0) is 0 Å². The first-order valence-electron chi connectivity index (χ1n) is 5.78. The highest BCUT2D eigenvalue weighted by Gasteiger charge is 2.11. The zero-order valence-corrected chi connectivity index (χ0v) is 10.7. The van der Waals surface area contributed by atoms with Gasteiger partial charge in [-0.05, 0) is 17.7 Å². The zero-order chi connectivity index (χ0) is 12.7. The maximum Gasteiger partial charge on any atom is 0.151 e. The maximum atomic E-state index is 11.4. The molecule has 3 aromatic carbocycles. The summed E-state index contributed by atoms with van der Waals surface area (Å²) in [4.78, 5) is 11.4. The van der Waals surface area contributed by atoms with Crippen molar-refractivity contribution in [1.29, 1.82) is 0 Å². The molecule has 0 saturated carbocycles. The van der Waals surface area contributed by atoms with Gasteiger partial charge in [0.2, 0.25) is 0 Å². The molecule has 0 aliphatic rings. The van der Waals surface area contributed by atoms with Gasteiger partial charge in [0.25, 0.3) is 0 Å². The van der Waals surface area contributed by atoms with Crippen LogP contribution in [0.2, 0.25) is 5.02 Å². The number of aryl methyl sites for hydroxylation is 1. The van der Waals surface area contributed by atoms with Gasteiger partial charge in [-0.15, -0.1) is 0 Å². The van der Waals surface area contributed by atoms with Crippen LogP contribution in [0.3, 0.4) is 0 Å². The molecule has 0 saturated heterocycles. The van der Waals surface area contributed by atoms with Crippen molar-refractivity contribution in [3.8, 4) is 0 Å². The van der Waals surface area contributed by atoms with E-state index in [1.54, 1.807) is 0 Å². The molecule has 3 aromatic rings. The van der Waals surface area contributed by atoms with Crippen molar-refractivity contribution in [1.82, 2.24) is 0 Å². The molecule has 0 bridgehead atoms. The molecule has 0 atom stereocenters. The van der Waals surface area contributed by atoms with E-state index < -0.39 is 0 Å². The number of halogens is 1. The number of carbonyl (C=O) groups is 1. The van der Waals surface area contributed by atoms with Crippen LogP contribution in [0.4, 0.5) is 0 Å². The molecule has 0 aliphatic heterocycles. The fraction of sp³-hybridized carbons (Fsp3) is 0.0625. The van der Waals surface area contributed by atoms with Gasteiger partial charge in [0.05, 0.1) is 5.02 Å². The average Bonchev–Trinajstić information content (AvgIpc) is 2.39. The summed E-state index contributed by atoms with van der Waals surface area (Å²) in [6, 6.07) is 13.7. The molecule has 0 aromatic heterocycles. The Balaban J connectivity index is 2.66. The second kappa shape index (κ2) is 4.11. The fourth-order valence-corrected chi connectivity index (χ4v) is 2.73. The lowest BCUT2D eigenvalue weighted by molar-refractivity contribution is 0.112. The summed E-state index contributed by atoms with van der Waals surface area (Å²) in [5.74, 6) is 0. The van der Waals surface area contributed by atoms with Gasteiger partial charge in [0.1, 0.15) is 0 Å². The Labute approximate surface area is 110 Å². The van der Waals surface area contributed by atoms with E-state index >= 15 is 0 Å². The summed E-state index contributed by atoms with van der Waals surface area (Å²) in [6.07, 6.45) is 0.917. The van der Waals surface area contributed by atoms with E-state index in [9.17, 15) is 4.79 Å². The van der Waals surface area contributed by atoms with Gasteiger partial charge in [-0.1, -0.05) is 59.6 Å². The van der Waals surface area contributed by atoms with E-state index in [0.717, 1.165) is 33.4 Å². The van der Waals surface area contributed by atoms with Crippen LogP contribution >= 0.6 is 11.6 Å². The van der Waals surface area contributed by atoms with Crippen molar-refractivity contribution in [2.24, 2.45) is 0 Å². The molecular formula is C16H11ClO. The van der Waals surface area contributed by atoms with E-state index in [0.29, 0.717) is 10.6 Å². The van der Waals surface area contributed by atoms with Crippen LogP contribution in [0.15, 0.2) is 42.5 Å². The van der Waals surface area contributed by atoms with Crippen LogP contribution < -0.4 is 0 Å². The molecular weight excluding hydrogens is 244 g/mol. The Kier molecular flexibility index (Phi) is 2.57. The molecule has 0 unspecified atom stereocenters. The number of rotatable bonds is 1. The fourth-order valence-electron chi connectivity index (χ4n) is 2.40. The van der Waals surface area contributed by atoms with E-state index in [1.807, 2.05) is 49.4 Å². The van der Waals surface area contributed by atoms with Crippen LogP contribution in [0.25, 0.3) is 21.5 Å². The lowest BCUT2D eigenvalue weighted by atomic mass is 9.96. The van der Waals surface area contributed by atoms with Gasteiger partial charge in [-0.2, -0.15) is 0 Å². The van der Waals surface area contributed by atoms with E-state index in [4.69, 9.17) is 11.6 Å². The van der Waals surface area contributed by atoms with Crippen molar-refractivity contribution in [2.75, 3.05) is 0 Å². The molecule has 0 heterocycles. The first-order chi connectivity index (χ1) is 8.72. The minimum Gasteiger partial charge on any atom is -0.298 e. The lowest BCUT2D eigenvalue weighted by Crippen LogP contribution is -1.89. The molecule has 0 fully saturated rings. The first-order valence-corrected chi connectivity index (χ1v) is 6.16. The number of hydrogen-bond acceptors (Lipinski definition) is 1. The summed E-state index contributed by atoms with van der Waals surface area (Å²) in [7, 11) is 0. The third kappa shape index (κ3) is 1.52. The van der Waals surface area contributed by atoms with Crippen LogP contribution in [0, 0.1) is 6.92 Å². The first kappa shape index (κ1) is 11.2. The predicted molar refractivity (Wildman–Crippen MR) is 76.6 cm³/mol. The van der Waals surface area contributed by atoms with E-state index in [1.165, 1.54) is 0 Å². The van der Waals surface area contributed by atoms with Crippen molar-refractivity contribution in [3.05, 3.63) is 58.6 Å². The Morgan fingerprint density at radius 2 is 1.61 bits per heavy atom. The van der Waals surface area contributed by atoms with Gasteiger partial charge >= 0.3 is 0 Å². The molecule has 0 aliphatic carbocycles. The average molecular weight is 255 g/mol. The Morgan fingerprint density at radius 3 is 2.33 bits per heavy atom. The summed E-state index contributed by atoms with van der Waals surface area (Å²) >= 11 is 6.44. The van der Waals surface area contributed by atoms with Gasteiger partial charge < -0.3 is 0 Å². The van der Waals surface area contributed by atoms with Crippen LogP contribution in [0.1, 0.15) is 15.9 Å². The highest BCUT2D eigenvalue weighted by molar-refractivity contribution is 6.42. The summed E-state index contributed by atoms with van der Waals surface area (Å²) in [6.45, 7) is 2.01. The topological polar surface area (TPSA) is 17.1 Å². The van der Waals surface area contributed by atoms with Crippen molar-refractivity contribution < 1.29 is 4.79 Å². The van der Waals surface area contributed by atoms with Gasteiger partial charge in [-0.3, -0.25) is 4.79 Å². The number of aldehydes is 1. The van der Waals surface area contributed by atoms with Crippen molar-refractivity contribution >= 4 is 39.4 Å². The second-order valence-electron chi connectivity index (χ2n) is 4.44. The smallest absolute Gasteiger partial charge is 0.151 e. The Morgan fingerprint density at radius 1 is 0.944 bits per heavy atom. The molecule has 0 spiro atoms. The molecule has 18 heavy (non-hydrogen) atoms. The standard InChI is InChI=1S/C16H11ClO/c1-10-6-7-13-14(8-10)15(9-18)11-4-2-3-5-12(11)16(13)17/h2-9H,1H3. The number of carbonyl (C=O) groups excluding carboxylic acids is 1. The number of fused-ring (bicyclic) bond motifs is 2. The van der Waals surface area contributed by atoms with Gasteiger partial charge in [-0.25, -0.2) is 0 Å². The largest absolute Gasteiger partial charge is 0.298 e. The molecule has 0 N–H and O–H groups in total. The van der Waals surface area contributed by atoms with E-state index in [2.05, 4.69) is 0 Å². The second-order valence-corrected chi connectivity index (χ2v) is 4.82. The zero-order valence-electron chi connectivity index (χ0n) is 9.91. The minimum atomic E-state index is 0.714. The summed E-state index contributed by atoms with van der Waals surface area (Å²) in [5, 5.41) is 4.41. The molecule has 0 amide bonds. The van der Waals surface area contributed by atoms with E-state index in [-0.39, 0.29) is 0 Å². The third-order valence-electron chi connectivity index (χ3n) is 3.27. The molecule has 2 heteroatoms. The quantitative estimate of drug-likeness (QED) is 0.452. The van der Waals surface area contributed by atoms with Crippen molar-refractivity contribution in [3.63, 3.8) is 0 Å². The highest BCUT2D eigenvalue weighted by Crippen LogP contribution is 2.35. The van der Waals surface area contributed by atoms with Gasteiger partial charge in [0, 0.05) is 16.3 Å². The molecule has 0 radical (unpaired) electrons. The maximum absolute atomic E-state index is 11.4. The van der Waals surface area contributed by atoms with Crippen molar-refractivity contribution in [2.45, 2.75) is 6.92 Å².